The molecule has 118 valence electrons. The van der Waals surface area contributed by atoms with Crippen LogP contribution >= 0.6 is 0 Å². The van der Waals surface area contributed by atoms with Gasteiger partial charge < -0.3 is 11.1 Å². The van der Waals surface area contributed by atoms with E-state index in [1.807, 2.05) is 0 Å². The topological polar surface area (TPSA) is 55.1 Å². The number of hydrogen-bond acceptors (Lipinski definition) is 2. The van der Waals surface area contributed by atoms with E-state index in [4.69, 9.17) is 5.73 Å². The van der Waals surface area contributed by atoms with Gasteiger partial charge >= 0.3 is 0 Å². The van der Waals surface area contributed by atoms with Crippen molar-refractivity contribution in [3.63, 3.8) is 0 Å². The number of amides is 1. The Kier molecular flexibility index (Phi) is 7.01. The van der Waals surface area contributed by atoms with Crippen LogP contribution in [0.3, 0.4) is 0 Å². The van der Waals surface area contributed by atoms with Crippen molar-refractivity contribution in [2.45, 2.75) is 78.7 Å². The summed E-state index contributed by atoms with van der Waals surface area (Å²) in [6, 6.07) is 0.357. The molecule has 0 saturated heterocycles. The third-order valence-electron chi connectivity index (χ3n) is 5.06. The average Bonchev–Trinajstić information content (AvgIpc) is 2.36. The molecule has 2 atom stereocenters. The third kappa shape index (κ3) is 5.43. The highest BCUT2D eigenvalue weighted by Gasteiger charge is 2.33. The minimum absolute atomic E-state index is 0.229. The standard InChI is InChI=1S/C17H34N2O/c1-13(2)14(10-12-18)8-9-16(20)19-15-7-5-6-11-17(15,3)4/h13-15H,5-12,18H2,1-4H3,(H,19,20). The fraction of sp³-hybridized carbons (Fsp3) is 0.941. The molecule has 2 unspecified atom stereocenters. The van der Waals surface area contributed by atoms with Crippen LogP contribution in [0.4, 0.5) is 0 Å². The second-order valence-electron chi connectivity index (χ2n) is 7.47. The second kappa shape index (κ2) is 8.02. The van der Waals surface area contributed by atoms with Gasteiger partial charge in [-0.15, -0.1) is 0 Å². The van der Waals surface area contributed by atoms with Crippen molar-refractivity contribution in [3.8, 4) is 0 Å². The zero-order valence-corrected chi connectivity index (χ0v) is 13.9. The highest BCUT2D eigenvalue weighted by molar-refractivity contribution is 5.76. The quantitative estimate of drug-likeness (QED) is 0.751. The third-order valence-corrected chi connectivity index (χ3v) is 5.06. The van der Waals surface area contributed by atoms with E-state index >= 15 is 0 Å². The SMILES string of the molecule is CC(C)C(CCN)CCC(=O)NC1CCCCC1(C)C. The van der Waals surface area contributed by atoms with Gasteiger partial charge in [0.15, 0.2) is 0 Å². The molecule has 0 aliphatic heterocycles. The van der Waals surface area contributed by atoms with Crippen molar-refractivity contribution in [2.24, 2.45) is 23.0 Å². The Hall–Kier alpha value is -0.570. The molecule has 3 N–H and O–H groups in total. The van der Waals surface area contributed by atoms with E-state index in [0.717, 1.165) is 25.8 Å². The molecule has 1 amide bonds. The summed E-state index contributed by atoms with van der Waals surface area (Å²) in [6.45, 7) is 9.73. The fourth-order valence-corrected chi connectivity index (χ4v) is 3.37. The second-order valence-corrected chi connectivity index (χ2v) is 7.47. The van der Waals surface area contributed by atoms with Crippen LogP contribution in [0.1, 0.15) is 72.6 Å². The molecule has 0 radical (unpaired) electrons. The fourth-order valence-electron chi connectivity index (χ4n) is 3.37. The number of carbonyl (C=O) groups excluding carboxylic acids is 1. The molecule has 0 bridgehead atoms. The van der Waals surface area contributed by atoms with Gasteiger partial charge in [-0.25, -0.2) is 0 Å². The maximum atomic E-state index is 12.2. The number of carbonyl (C=O) groups is 1. The summed E-state index contributed by atoms with van der Waals surface area (Å²) in [7, 11) is 0. The van der Waals surface area contributed by atoms with Crippen LogP contribution in [0.15, 0.2) is 0 Å². The van der Waals surface area contributed by atoms with Crippen LogP contribution in [0.5, 0.6) is 0 Å². The maximum Gasteiger partial charge on any atom is 0.220 e. The smallest absolute Gasteiger partial charge is 0.220 e. The Morgan fingerprint density at radius 2 is 2.00 bits per heavy atom. The van der Waals surface area contributed by atoms with Gasteiger partial charge in [-0.1, -0.05) is 40.5 Å². The summed E-state index contributed by atoms with van der Waals surface area (Å²) in [5, 5.41) is 3.28. The van der Waals surface area contributed by atoms with Crippen LogP contribution in [0, 0.1) is 17.3 Å². The van der Waals surface area contributed by atoms with E-state index in [1.165, 1.54) is 19.3 Å². The Bertz CT molecular complexity index is 299. The van der Waals surface area contributed by atoms with Crippen molar-refractivity contribution in [1.29, 1.82) is 0 Å². The molecule has 1 fully saturated rings. The predicted molar refractivity (Wildman–Crippen MR) is 85.4 cm³/mol. The average molecular weight is 282 g/mol. The molecular weight excluding hydrogens is 248 g/mol. The first-order valence-electron chi connectivity index (χ1n) is 8.36. The molecular formula is C17H34N2O. The van der Waals surface area contributed by atoms with E-state index in [-0.39, 0.29) is 11.3 Å². The van der Waals surface area contributed by atoms with Gasteiger partial charge in [0, 0.05) is 12.5 Å². The summed E-state index contributed by atoms with van der Waals surface area (Å²) in [5.74, 6) is 1.41. The predicted octanol–water partition coefficient (Wildman–Crippen LogP) is 3.47. The van der Waals surface area contributed by atoms with Crippen LogP contribution in [0.2, 0.25) is 0 Å². The lowest BCUT2D eigenvalue weighted by atomic mass is 9.73. The maximum absolute atomic E-state index is 12.2. The largest absolute Gasteiger partial charge is 0.353 e. The van der Waals surface area contributed by atoms with Crippen molar-refractivity contribution in [3.05, 3.63) is 0 Å². The Morgan fingerprint density at radius 1 is 1.30 bits per heavy atom. The van der Waals surface area contributed by atoms with Crippen LogP contribution in [-0.2, 0) is 4.79 Å². The van der Waals surface area contributed by atoms with E-state index in [9.17, 15) is 4.79 Å². The zero-order valence-electron chi connectivity index (χ0n) is 13.9. The minimum Gasteiger partial charge on any atom is -0.353 e. The first kappa shape index (κ1) is 17.5. The lowest BCUT2D eigenvalue weighted by molar-refractivity contribution is -0.123. The summed E-state index contributed by atoms with van der Waals surface area (Å²) >= 11 is 0. The number of nitrogens with one attached hydrogen (secondary N) is 1. The van der Waals surface area contributed by atoms with Crippen LogP contribution in [0.25, 0.3) is 0 Å². The van der Waals surface area contributed by atoms with Crippen molar-refractivity contribution in [1.82, 2.24) is 5.32 Å². The lowest BCUT2D eigenvalue weighted by Crippen LogP contribution is -2.46. The lowest BCUT2D eigenvalue weighted by Gasteiger charge is -2.39. The first-order chi connectivity index (χ1) is 9.36. The van der Waals surface area contributed by atoms with Gasteiger partial charge in [-0.05, 0) is 49.5 Å². The Morgan fingerprint density at radius 3 is 2.55 bits per heavy atom. The molecule has 3 heteroatoms. The molecule has 1 saturated carbocycles. The number of hydrogen-bond donors (Lipinski definition) is 2. The molecule has 1 aliphatic rings. The molecule has 0 aromatic carbocycles. The van der Waals surface area contributed by atoms with E-state index < -0.39 is 0 Å². The first-order valence-corrected chi connectivity index (χ1v) is 8.36. The van der Waals surface area contributed by atoms with Gasteiger partial charge in [0.05, 0.1) is 0 Å². The van der Waals surface area contributed by atoms with Gasteiger partial charge in [-0.3, -0.25) is 4.79 Å². The van der Waals surface area contributed by atoms with E-state index in [1.54, 1.807) is 0 Å². The molecule has 1 aliphatic carbocycles. The highest BCUT2D eigenvalue weighted by Crippen LogP contribution is 2.35. The van der Waals surface area contributed by atoms with Crippen molar-refractivity contribution >= 4 is 5.91 Å². The van der Waals surface area contributed by atoms with E-state index in [2.05, 4.69) is 33.0 Å². The zero-order chi connectivity index (χ0) is 15.2. The van der Waals surface area contributed by atoms with Crippen molar-refractivity contribution in [2.75, 3.05) is 6.54 Å². The summed E-state index contributed by atoms with van der Waals surface area (Å²) in [6.07, 6.45) is 7.54. The monoisotopic (exact) mass is 282 g/mol. The molecule has 20 heavy (non-hydrogen) atoms. The molecule has 0 aromatic rings. The molecule has 0 spiro atoms. The highest BCUT2D eigenvalue weighted by atomic mass is 16.1. The Labute approximate surface area is 125 Å². The molecule has 0 aromatic heterocycles. The summed E-state index contributed by atoms with van der Waals surface area (Å²) in [5.41, 5.74) is 5.91. The summed E-state index contributed by atoms with van der Waals surface area (Å²) < 4.78 is 0. The Balaban J connectivity index is 2.39. The summed E-state index contributed by atoms with van der Waals surface area (Å²) in [4.78, 5) is 12.2. The van der Waals surface area contributed by atoms with Gasteiger partial charge in [-0.2, -0.15) is 0 Å². The minimum atomic E-state index is 0.229. The van der Waals surface area contributed by atoms with Crippen LogP contribution < -0.4 is 11.1 Å². The molecule has 0 heterocycles. The van der Waals surface area contributed by atoms with E-state index in [0.29, 0.717) is 24.3 Å². The molecule has 1 rings (SSSR count). The van der Waals surface area contributed by atoms with Gasteiger partial charge in [0.2, 0.25) is 5.91 Å². The molecule has 3 nitrogen and oxygen atoms in total. The van der Waals surface area contributed by atoms with Crippen molar-refractivity contribution < 1.29 is 4.79 Å². The number of nitrogens with two attached hydrogens (primary N) is 1. The van der Waals surface area contributed by atoms with Gasteiger partial charge in [0.1, 0.15) is 0 Å². The van der Waals surface area contributed by atoms with Gasteiger partial charge in [0.25, 0.3) is 0 Å². The normalized spacial score (nSPS) is 23.6. The van der Waals surface area contributed by atoms with Crippen LogP contribution in [-0.4, -0.2) is 18.5 Å². The number of rotatable bonds is 7.